The molecule has 2 aromatic rings. The number of rotatable bonds is 3. The van der Waals surface area contributed by atoms with E-state index in [-0.39, 0.29) is 11.3 Å². The average Bonchev–Trinajstić information content (AvgIpc) is 2.43. The summed E-state index contributed by atoms with van der Waals surface area (Å²) < 4.78 is 14.4. The number of halogens is 3. The highest BCUT2D eigenvalue weighted by molar-refractivity contribution is 14.1. The van der Waals surface area contributed by atoms with Crippen LogP contribution < -0.4 is 5.43 Å². The number of hydrogen-bond donors (Lipinski definition) is 2. The van der Waals surface area contributed by atoms with E-state index >= 15 is 0 Å². The predicted molar refractivity (Wildman–Crippen MR) is 90.0 cm³/mol. The van der Waals surface area contributed by atoms with Crippen molar-refractivity contribution in [3.63, 3.8) is 0 Å². The quantitative estimate of drug-likeness (QED) is 0.415. The highest BCUT2D eigenvalue weighted by Gasteiger charge is 2.07. The van der Waals surface area contributed by atoms with E-state index in [2.05, 4.69) is 26.5 Å². The number of phenols is 1. The summed E-state index contributed by atoms with van der Waals surface area (Å²) in [4.78, 5) is 11.7. The fourth-order valence-electron chi connectivity index (χ4n) is 1.54. The lowest BCUT2D eigenvalue weighted by Crippen LogP contribution is -2.17. The number of benzene rings is 2. The van der Waals surface area contributed by atoms with Gasteiger partial charge in [0.25, 0.3) is 5.91 Å². The van der Waals surface area contributed by atoms with Crippen LogP contribution >= 0.6 is 38.5 Å². The first-order chi connectivity index (χ1) is 9.97. The Balaban J connectivity index is 2.11. The highest BCUT2D eigenvalue weighted by atomic mass is 127. The summed E-state index contributed by atoms with van der Waals surface area (Å²) in [5.41, 5.74) is 2.89. The molecular weight excluding hydrogens is 454 g/mol. The Kier molecular flexibility index (Phi) is 5.29. The first-order valence-corrected chi connectivity index (χ1v) is 7.61. The van der Waals surface area contributed by atoms with Crippen LogP contribution in [0, 0.1) is 9.39 Å². The van der Waals surface area contributed by atoms with E-state index in [0.717, 1.165) is 10.5 Å². The smallest absolute Gasteiger partial charge is 0.271 e. The van der Waals surface area contributed by atoms with Crippen LogP contribution in [0.2, 0.25) is 0 Å². The Hall–Kier alpha value is -1.48. The van der Waals surface area contributed by atoms with Crippen molar-refractivity contribution in [2.75, 3.05) is 0 Å². The summed E-state index contributed by atoms with van der Waals surface area (Å²) in [5, 5.41) is 13.6. The molecule has 0 aliphatic carbocycles. The van der Waals surface area contributed by atoms with Crippen LogP contribution in [0.1, 0.15) is 15.9 Å². The number of carbonyl (C=O) groups excluding carboxylic acids is 1. The Morgan fingerprint density at radius 1 is 1.38 bits per heavy atom. The number of aromatic hydroxyl groups is 1. The van der Waals surface area contributed by atoms with Crippen LogP contribution in [0.4, 0.5) is 4.39 Å². The van der Waals surface area contributed by atoms with Gasteiger partial charge in [-0.05, 0) is 52.9 Å². The molecule has 0 bridgehead atoms. The van der Waals surface area contributed by atoms with Crippen molar-refractivity contribution >= 4 is 50.6 Å². The molecule has 0 heterocycles. The topological polar surface area (TPSA) is 61.7 Å². The van der Waals surface area contributed by atoms with Crippen LogP contribution in [0.3, 0.4) is 0 Å². The first-order valence-electron chi connectivity index (χ1n) is 5.74. The summed E-state index contributed by atoms with van der Waals surface area (Å²) in [7, 11) is 0. The van der Waals surface area contributed by atoms with Gasteiger partial charge in [-0.2, -0.15) is 5.10 Å². The Morgan fingerprint density at radius 3 is 2.86 bits per heavy atom. The van der Waals surface area contributed by atoms with E-state index in [1.54, 1.807) is 12.1 Å². The number of nitrogens with zero attached hydrogens (tertiary/aromatic N) is 1. The molecule has 0 saturated heterocycles. The summed E-state index contributed by atoms with van der Waals surface area (Å²) in [6, 6.07) is 8.70. The van der Waals surface area contributed by atoms with Gasteiger partial charge < -0.3 is 5.11 Å². The van der Waals surface area contributed by atoms with Gasteiger partial charge in [0.1, 0.15) is 11.6 Å². The van der Waals surface area contributed by atoms with Crippen LogP contribution in [0.5, 0.6) is 5.75 Å². The number of amides is 1. The minimum absolute atomic E-state index is 0.0718. The van der Waals surface area contributed by atoms with Gasteiger partial charge in [-0.25, -0.2) is 9.82 Å². The number of hydrazone groups is 1. The van der Waals surface area contributed by atoms with Crippen molar-refractivity contribution in [2.45, 2.75) is 0 Å². The minimum Gasteiger partial charge on any atom is -0.506 e. The molecule has 0 aliphatic rings. The second kappa shape index (κ2) is 6.99. The third-order valence-corrected chi connectivity index (χ3v) is 3.79. The third kappa shape index (κ3) is 4.24. The standard InChI is InChI=1S/C14H9BrFIN2O2/c15-10-4-9(13(20)12(17)6-10)7-18-19-14(21)8-2-1-3-11(16)5-8/h1-7,20H,(H,19,21)/b18-7+. The summed E-state index contributed by atoms with van der Waals surface area (Å²) >= 11 is 5.29. The molecule has 21 heavy (non-hydrogen) atoms. The van der Waals surface area contributed by atoms with Gasteiger partial charge in [0.15, 0.2) is 0 Å². The van der Waals surface area contributed by atoms with Gasteiger partial charge in [0, 0.05) is 15.6 Å². The van der Waals surface area contributed by atoms with Crippen LogP contribution in [-0.4, -0.2) is 17.2 Å². The van der Waals surface area contributed by atoms with Crippen molar-refractivity contribution in [1.82, 2.24) is 5.43 Å². The van der Waals surface area contributed by atoms with Gasteiger partial charge >= 0.3 is 0 Å². The van der Waals surface area contributed by atoms with Gasteiger partial charge in [0.2, 0.25) is 0 Å². The molecular formula is C14H9BrFIN2O2. The summed E-state index contributed by atoms with van der Waals surface area (Å²) in [6.45, 7) is 0. The number of carbonyl (C=O) groups is 1. The average molecular weight is 463 g/mol. The molecule has 0 radical (unpaired) electrons. The van der Waals surface area contributed by atoms with Gasteiger partial charge in [-0.15, -0.1) is 0 Å². The Bertz CT molecular complexity index is 722. The molecule has 2 aromatic carbocycles. The zero-order valence-electron chi connectivity index (χ0n) is 10.5. The lowest BCUT2D eigenvalue weighted by molar-refractivity contribution is 0.0954. The SMILES string of the molecule is O=C(N/N=C/c1cc(Br)cc(I)c1O)c1cccc(F)c1. The molecule has 2 N–H and O–H groups in total. The maximum Gasteiger partial charge on any atom is 0.271 e. The van der Waals surface area contributed by atoms with Crippen molar-refractivity contribution in [1.29, 1.82) is 0 Å². The molecule has 0 spiro atoms. The fourth-order valence-corrected chi connectivity index (χ4v) is 3.09. The Labute approximate surface area is 142 Å². The van der Waals surface area contributed by atoms with Crippen LogP contribution in [0.15, 0.2) is 46.0 Å². The zero-order chi connectivity index (χ0) is 15.4. The van der Waals surface area contributed by atoms with Crippen molar-refractivity contribution in [3.8, 4) is 5.75 Å². The van der Waals surface area contributed by atoms with Gasteiger partial charge in [0.05, 0.1) is 9.78 Å². The number of nitrogens with one attached hydrogen (secondary N) is 1. The second-order valence-electron chi connectivity index (χ2n) is 4.03. The van der Waals surface area contributed by atoms with E-state index in [1.807, 2.05) is 22.6 Å². The Morgan fingerprint density at radius 2 is 2.14 bits per heavy atom. The molecule has 0 aliphatic heterocycles. The molecule has 0 unspecified atom stereocenters. The monoisotopic (exact) mass is 462 g/mol. The minimum atomic E-state index is -0.532. The van der Waals surface area contributed by atoms with E-state index in [4.69, 9.17) is 0 Å². The third-order valence-electron chi connectivity index (χ3n) is 2.51. The second-order valence-corrected chi connectivity index (χ2v) is 6.11. The molecule has 2 rings (SSSR count). The molecule has 108 valence electrons. The van der Waals surface area contributed by atoms with E-state index in [9.17, 15) is 14.3 Å². The molecule has 1 amide bonds. The zero-order valence-corrected chi connectivity index (χ0v) is 14.2. The maximum atomic E-state index is 13.0. The lowest BCUT2D eigenvalue weighted by Gasteiger charge is -2.03. The van der Waals surface area contributed by atoms with E-state index in [0.29, 0.717) is 9.13 Å². The molecule has 0 fully saturated rings. The predicted octanol–water partition coefficient (Wildman–Crippen LogP) is 3.66. The van der Waals surface area contributed by atoms with Gasteiger partial charge in [-0.3, -0.25) is 4.79 Å². The summed E-state index contributed by atoms with van der Waals surface area (Å²) in [5.74, 6) is -0.955. The fraction of sp³-hybridized carbons (Fsp3) is 0. The first kappa shape index (κ1) is 15.9. The van der Waals surface area contributed by atoms with Crippen molar-refractivity contribution in [2.24, 2.45) is 5.10 Å². The lowest BCUT2D eigenvalue weighted by atomic mass is 10.2. The largest absolute Gasteiger partial charge is 0.506 e. The molecule has 4 nitrogen and oxygen atoms in total. The van der Waals surface area contributed by atoms with Crippen LogP contribution in [0.25, 0.3) is 0 Å². The number of phenolic OH excluding ortho intramolecular Hbond substituents is 1. The molecule has 0 atom stereocenters. The molecule has 0 saturated carbocycles. The maximum absolute atomic E-state index is 13.0. The van der Waals surface area contributed by atoms with Crippen LogP contribution in [-0.2, 0) is 0 Å². The van der Waals surface area contributed by atoms with E-state index < -0.39 is 11.7 Å². The number of hydrogen-bond acceptors (Lipinski definition) is 3. The van der Waals surface area contributed by atoms with E-state index in [1.165, 1.54) is 24.4 Å². The molecule has 0 aromatic heterocycles. The highest BCUT2D eigenvalue weighted by Crippen LogP contribution is 2.27. The summed E-state index contributed by atoms with van der Waals surface area (Å²) in [6.07, 6.45) is 1.32. The van der Waals surface area contributed by atoms with Crippen molar-refractivity contribution in [3.05, 3.63) is 61.4 Å². The normalized spacial score (nSPS) is 10.8. The van der Waals surface area contributed by atoms with Gasteiger partial charge in [-0.1, -0.05) is 22.0 Å². The molecule has 7 heteroatoms. The van der Waals surface area contributed by atoms with Crippen molar-refractivity contribution < 1.29 is 14.3 Å².